The minimum absolute atomic E-state index is 0.0299. The van der Waals surface area contributed by atoms with E-state index in [4.69, 9.17) is 18.9 Å². The second kappa shape index (κ2) is 11.1. The Balaban J connectivity index is 1.68. The molecule has 0 amide bonds. The largest absolute Gasteiger partial charge is 0.370 e. The molecule has 3 rings (SSSR count). The fraction of sp³-hybridized carbons (Fsp3) is 0.429. The molecule has 2 aromatic rings. The minimum atomic E-state index is -0.396. The lowest BCUT2D eigenvalue weighted by molar-refractivity contribution is -0.264. The predicted octanol–water partition coefficient (Wildman–Crippen LogP) is 4.77. The first-order valence-electron chi connectivity index (χ1n) is 8.92. The predicted molar refractivity (Wildman–Crippen MR) is 122 cm³/mol. The maximum atomic E-state index is 6.29. The van der Waals surface area contributed by atoms with Crippen molar-refractivity contribution in [2.75, 3.05) is 11.5 Å². The van der Waals surface area contributed by atoms with E-state index in [9.17, 15) is 0 Å². The third-order valence-corrected chi connectivity index (χ3v) is 6.81. The maximum absolute atomic E-state index is 6.29. The van der Waals surface area contributed by atoms with Gasteiger partial charge in [-0.25, -0.2) is 0 Å². The van der Waals surface area contributed by atoms with Crippen LogP contribution in [-0.2, 0) is 32.2 Å². The Morgan fingerprint density at radius 3 is 1.85 bits per heavy atom. The Bertz CT molecular complexity index is 613. The number of alkyl halides is 2. The van der Waals surface area contributed by atoms with Crippen LogP contribution in [0.5, 0.6) is 0 Å². The Kier molecular flexibility index (Phi) is 8.79. The van der Waals surface area contributed by atoms with Gasteiger partial charge in [0, 0.05) is 11.5 Å². The third kappa shape index (κ3) is 5.86. The molecule has 0 bridgehead atoms. The molecule has 2 aromatic carbocycles. The van der Waals surface area contributed by atoms with Crippen molar-refractivity contribution in [2.45, 2.75) is 41.7 Å². The highest BCUT2D eigenvalue weighted by molar-refractivity contribution is 14.1. The van der Waals surface area contributed by atoms with Gasteiger partial charge in [0.15, 0.2) is 6.29 Å². The van der Waals surface area contributed by atoms with Crippen molar-refractivity contribution >= 4 is 45.2 Å². The van der Waals surface area contributed by atoms with E-state index in [1.165, 1.54) is 0 Å². The zero-order chi connectivity index (χ0) is 19.1. The minimum Gasteiger partial charge on any atom is -0.370 e. The van der Waals surface area contributed by atoms with Gasteiger partial charge in [-0.1, -0.05) is 106 Å². The number of rotatable bonds is 8. The Labute approximate surface area is 188 Å². The van der Waals surface area contributed by atoms with Crippen molar-refractivity contribution in [2.24, 2.45) is 0 Å². The molecule has 0 N–H and O–H groups in total. The molecule has 1 aliphatic heterocycles. The van der Waals surface area contributed by atoms with E-state index in [-0.39, 0.29) is 22.2 Å². The van der Waals surface area contributed by atoms with Crippen LogP contribution in [0.2, 0.25) is 0 Å². The van der Waals surface area contributed by atoms with Gasteiger partial charge in [-0.05, 0) is 11.1 Å². The molecule has 1 fully saturated rings. The van der Waals surface area contributed by atoms with Crippen LogP contribution in [0.15, 0.2) is 60.7 Å². The summed E-state index contributed by atoms with van der Waals surface area (Å²) in [6.45, 7) is 1.08. The van der Waals surface area contributed by atoms with E-state index in [0.717, 1.165) is 15.6 Å². The molecular formula is C21H24I2O4. The summed E-state index contributed by atoms with van der Waals surface area (Å²) in [5.41, 5.74) is 2.29. The fourth-order valence-corrected chi connectivity index (χ4v) is 5.01. The molecule has 5 atom stereocenters. The van der Waals surface area contributed by atoms with Crippen LogP contribution < -0.4 is 0 Å². The van der Waals surface area contributed by atoms with E-state index in [2.05, 4.69) is 69.4 Å². The molecule has 6 heteroatoms. The smallest absolute Gasteiger partial charge is 0.184 e. The van der Waals surface area contributed by atoms with Crippen LogP contribution in [0, 0.1) is 0 Å². The van der Waals surface area contributed by atoms with Gasteiger partial charge in [0.2, 0.25) is 0 Å². The molecule has 1 heterocycles. The molecule has 0 aromatic heterocycles. The molecule has 146 valence electrons. The van der Waals surface area contributed by atoms with E-state index in [0.29, 0.717) is 13.2 Å². The molecule has 0 aliphatic carbocycles. The average Bonchev–Trinajstić information content (AvgIpc) is 2.73. The zero-order valence-corrected chi connectivity index (χ0v) is 19.5. The fourth-order valence-electron chi connectivity index (χ4n) is 3.09. The van der Waals surface area contributed by atoms with Crippen molar-refractivity contribution < 1.29 is 18.9 Å². The first kappa shape index (κ1) is 21.4. The second-order valence-electron chi connectivity index (χ2n) is 6.40. The van der Waals surface area contributed by atoms with Gasteiger partial charge in [0.25, 0.3) is 0 Å². The van der Waals surface area contributed by atoms with Crippen LogP contribution in [0.25, 0.3) is 0 Å². The maximum Gasteiger partial charge on any atom is 0.184 e. The normalized spacial score (nSPS) is 28.2. The lowest BCUT2D eigenvalue weighted by Gasteiger charge is -2.43. The number of hydrogen-bond acceptors (Lipinski definition) is 4. The average molecular weight is 594 g/mol. The van der Waals surface area contributed by atoms with Crippen molar-refractivity contribution in [3.8, 4) is 0 Å². The van der Waals surface area contributed by atoms with Gasteiger partial charge < -0.3 is 18.9 Å². The quantitative estimate of drug-likeness (QED) is 0.327. The summed E-state index contributed by atoms with van der Waals surface area (Å²) < 4.78 is 25.2. The Morgan fingerprint density at radius 1 is 0.852 bits per heavy atom. The Morgan fingerprint density at radius 2 is 1.37 bits per heavy atom. The van der Waals surface area contributed by atoms with Crippen molar-refractivity contribution in [1.29, 1.82) is 0 Å². The van der Waals surface area contributed by atoms with Gasteiger partial charge in [-0.15, -0.1) is 0 Å². The number of methoxy groups -OCH3 is 1. The van der Waals surface area contributed by atoms with E-state index in [1.807, 2.05) is 36.4 Å². The summed E-state index contributed by atoms with van der Waals surface area (Å²) in [7, 11) is 1.67. The zero-order valence-electron chi connectivity index (χ0n) is 15.2. The summed E-state index contributed by atoms with van der Waals surface area (Å²) in [5.74, 6) is 0. The van der Waals surface area contributed by atoms with Crippen molar-refractivity contribution in [1.82, 2.24) is 0 Å². The highest BCUT2D eigenvalue weighted by atomic mass is 127. The second-order valence-corrected chi connectivity index (χ2v) is 8.72. The molecule has 1 saturated heterocycles. The van der Waals surface area contributed by atoms with Crippen LogP contribution in [-0.4, -0.2) is 40.1 Å². The lowest BCUT2D eigenvalue weighted by atomic mass is 10.0. The summed E-state index contributed by atoms with van der Waals surface area (Å²) in [4.78, 5) is 0. The number of halogens is 2. The topological polar surface area (TPSA) is 36.9 Å². The first-order chi connectivity index (χ1) is 13.2. The van der Waals surface area contributed by atoms with Crippen LogP contribution in [0.1, 0.15) is 11.1 Å². The third-order valence-electron chi connectivity index (χ3n) is 4.53. The van der Waals surface area contributed by atoms with Crippen LogP contribution in [0.4, 0.5) is 0 Å². The Hall–Kier alpha value is -0.260. The van der Waals surface area contributed by atoms with Crippen molar-refractivity contribution in [3.05, 3.63) is 71.8 Å². The van der Waals surface area contributed by atoms with Crippen LogP contribution >= 0.6 is 45.2 Å². The molecular weight excluding hydrogens is 570 g/mol. The van der Waals surface area contributed by atoms with Gasteiger partial charge in [-0.2, -0.15) is 0 Å². The number of hydrogen-bond donors (Lipinski definition) is 0. The molecule has 0 spiro atoms. The monoisotopic (exact) mass is 594 g/mol. The lowest BCUT2D eigenvalue weighted by Crippen LogP contribution is -2.57. The molecule has 0 saturated carbocycles. The van der Waals surface area contributed by atoms with Gasteiger partial charge in [0.1, 0.15) is 6.10 Å². The number of ether oxygens (including phenoxy) is 4. The number of benzene rings is 2. The van der Waals surface area contributed by atoms with Crippen molar-refractivity contribution in [3.63, 3.8) is 0 Å². The highest BCUT2D eigenvalue weighted by Crippen LogP contribution is 2.33. The summed E-state index contributed by atoms with van der Waals surface area (Å²) in [6, 6.07) is 20.4. The molecule has 0 unspecified atom stereocenters. The van der Waals surface area contributed by atoms with Gasteiger partial charge >= 0.3 is 0 Å². The molecule has 0 radical (unpaired) electrons. The highest BCUT2D eigenvalue weighted by Gasteiger charge is 2.46. The van der Waals surface area contributed by atoms with Gasteiger partial charge in [0.05, 0.1) is 29.3 Å². The molecule has 27 heavy (non-hydrogen) atoms. The molecule has 4 nitrogen and oxygen atoms in total. The van der Waals surface area contributed by atoms with E-state index >= 15 is 0 Å². The standard InChI is InChI=1S/C21H24I2O4/c1-24-21-20(26-14-16-10-6-3-7-11-16)18(23)19(17(12-22)27-21)25-13-15-8-4-2-5-9-15/h2-11,17-21H,12-14H2,1H3/t17-,18-,19-,20+,21+/m1/s1. The SMILES string of the molecule is CO[C@H]1O[C@H](CI)[C@@H](OCc2ccccc2)[C@@H](I)[C@@H]1OCc1ccccc1. The molecule has 1 aliphatic rings. The summed E-state index contributed by atoms with van der Waals surface area (Å²) >= 11 is 4.78. The van der Waals surface area contributed by atoms with Crippen LogP contribution in [0.3, 0.4) is 0 Å². The summed E-state index contributed by atoms with van der Waals surface area (Å²) in [5, 5.41) is 0. The van der Waals surface area contributed by atoms with E-state index in [1.54, 1.807) is 7.11 Å². The van der Waals surface area contributed by atoms with E-state index < -0.39 is 6.29 Å². The van der Waals surface area contributed by atoms with Gasteiger partial charge in [-0.3, -0.25) is 0 Å². The first-order valence-corrected chi connectivity index (χ1v) is 11.7. The summed E-state index contributed by atoms with van der Waals surface area (Å²) in [6.07, 6.45) is -0.685.